The van der Waals surface area contributed by atoms with Gasteiger partial charge in [0.1, 0.15) is 0 Å². The van der Waals surface area contributed by atoms with Crippen LogP contribution in [0.2, 0.25) is 0 Å². The standard InChI is InChI=1S/C15H22N2.ClH/c1-2-7-14(8-3-1)9-4-5-12-17-15-10-6-11-16-13-15;/h1-4,7-9,15-17H,5-6,10-13H2;1H. The summed E-state index contributed by atoms with van der Waals surface area (Å²) in [6, 6.07) is 11.1. The summed E-state index contributed by atoms with van der Waals surface area (Å²) < 4.78 is 0. The predicted octanol–water partition coefficient (Wildman–Crippen LogP) is 2.85. The first-order valence-electron chi connectivity index (χ1n) is 6.61. The number of rotatable bonds is 5. The highest BCUT2D eigenvalue weighted by molar-refractivity contribution is 5.85. The van der Waals surface area contributed by atoms with Gasteiger partial charge in [-0.3, -0.25) is 0 Å². The average molecular weight is 267 g/mol. The van der Waals surface area contributed by atoms with Crippen molar-refractivity contribution in [2.24, 2.45) is 0 Å². The molecule has 1 saturated heterocycles. The molecule has 0 aliphatic carbocycles. The molecule has 1 aromatic carbocycles. The molecular formula is C15H23ClN2. The number of hydrogen-bond donors (Lipinski definition) is 2. The number of nitrogens with one attached hydrogen (secondary N) is 2. The summed E-state index contributed by atoms with van der Waals surface area (Å²) in [5.74, 6) is 0. The van der Waals surface area contributed by atoms with Crippen molar-refractivity contribution in [1.82, 2.24) is 10.6 Å². The average Bonchev–Trinajstić information content (AvgIpc) is 2.41. The molecule has 2 nitrogen and oxygen atoms in total. The zero-order chi connectivity index (χ0) is 11.8. The Balaban J connectivity index is 0.00000162. The SMILES string of the molecule is C(=Cc1ccccc1)CCNC1CCCNC1.Cl. The molecule has 2 N–H and O–H groups in total. The van der Waals surface area contributed by atoms with Crippen LogP contribution in [0.3, 0.4) is 0 Å². The van der Waals surface area contributed by atoms with Gasteiger partial charge in [0, 0.05) is 12.6 Å². The van der Waals surface area contributed by atoms with E-state index in [0.717, 1.165) is 19.5 Å². The van der Waals surface area contributed by atoms with Crippen molar-refractivity contribution < 1.29 is 0 Å². The molecule has 1 aliphatic rings. The second-order valence-electron chi connectivity index (χ2n) is 4.60. The number of halogens is 1. The van der Waals surface area contributed by atoms with Crippen LogP contribution >= 0.6 is 12.4 Å². The first-order valence-corrected chi connectivity index (χ1v) is 6.61. The Morgan fingerprint density at radius 1 is 1.28 bits per heavy atom. The van der Waals surface area contributed by atoms with Crippen molar-refractivity contribution in [3.8, 4) is 0 Å². The Morgan fingerprint density at radius 2 is 2.11 bits per heavy atom. The van der Waals surface area contributed by atoms with Crippen LogP contribution in [0, 0.1) is 0 Å². The molecule has 0 bridgehead atoms. The second-order valence-corrected chi connectivity index (χ2v) is 4.60. The molecule has 1 fully saturated rings. The Hall–Kier alpha value is -0.830. The maximum absolute atomic E-state index is 3.59. The van der Waals surface area contributed by atoms with Gasteiger partial charge in [0.25, 0.3) is 0 Å². The van der Waals surface area contributed by atoms with Crippen LogP contribution in [-0.4, -0.2) is 25.7 Å². The molecule has 1 aliphatic heterocycles. The summed E-state index contributed by atoms with van der Waals surface area (Å²) in [7, 11) is 0. The molecule has 0 amide bonds. The highest BCUT2D eigenvalue weighted by Crippen LogP contribution is 2.03. The van der Waals surface area contributed by atoms with Crippen LogP contribution < -0.4 is 10.6 Å². The smallest absolute Gasteiger partial charge is 0.0193 e. The lowest BCUT2D eigenvalue weighted by Crippen LogP contribution is -2.43. The first-order chi connectivity index (χ1) is 8.45. The molecule has 1 unspecified atom stereocenters. The van der Waals surface area contributed by atoms with E-state index in [2.05, 4.69) is 53.1 Å². The quantitative estimate of drug-likeness (QED) is 0.801. The Labute approximate surface area is 116 Å². The second kappa shape index (κ2) is 9.15. The number of hydrogen-bond acceptors (Lipinski definition) is 2. The van der Waals surface area contributed by atoms with Crippen LogP contribution in [0.25, 0.3) is 6.08 Å². The third-order valence-electron chi connectivity index (χ3n) is 3.15. The van der Waals surface area contributed by atoms with Gasteiger partial charge in [-0.1, -0.05) is 42.5 Å². The Kier molecular flexibility index (Phi) is 7.74. The van der Waals surface area contributed by atoms with Crippen molar-refractivity contribution >= 4 is 18.5 Å². The van der Waals surface area contributed by atoms with Gasteiger partial charge in [-0.15, -0.1) is 12.4 Å². The van der Waals surface area contributed by atoms with Gasteiger partial charge in [0.05, 0.1) is 0 Å². The largest absolute Gasteiger partial charge is 0.315 e. The number of benzene rings is 1. The molecule has 18 heavy (non-hydrogen) atoms. The van der Waals surface area contributed by atoms with Crippen LogP contribution in [-0.2, 0) is 0 Å². The van der Waals surface area contributed by atoms with Gasteiger partial charge in [-0.25, -0.2) is 0 Å². The normalized spacial score (nSPS) is 19.7. The minimum Gasteiger partial charge on any atom is -0.315 e. The summed E-state index contributed by atoms with van der Waals surface area (Å²) in [5, 5.41) is 7.02. The van der Waals surface area contributed by atoms with Crippen molar-refractivity contribution in [3.63, 3.8) is 0 Å². The summed E-state index contributed by atoms with van der Waals surface area (Å²) >= 11 is 0. The molecule has 3 heteroatoms. The fraction of sp³-hybridized carbons (Fsp3) is 0.467. The van der Waals surface area contributed by atoms with E-state index in [9.17, 15) is 0 Å². The van der Waals surface area contributed by atoms with E-state index >= 15 is 0 Å². The summed E-state index contributed by atoms with van der Waals surface area (Å²) in [6.45, 7) is 3.39. The lowest BCUT2D eigenvalue weighted by Gasteiger charge is -2.23. The summed E-state index contributed by atoms with van der Waals surface area (Å²) in [5.41, 5.74) is 1.28. The van der Waals surface area contributed by atoms with E-state index in [1.807, 2.05) is 0 Å². The lowest BCUT2D eigenvalue weighted by atomic mass is 10.1. The molecule has 0 aromatic heterocycles. The summed E-state index contributed by atoms with van der Waals surface area (Å²) in [6.07, 6.45) is 8.16. The maximum Gasteiger partial charge on any atom is 0.0193 e. The minimum atomic E-state index is 0. The monoisotopic (exact) mass is 266 g/mol. The highest BCUT2D eigenvalue weighted by atomic mass is 35.5. The Bertz CT molecular complexity index is 332. The molecule has 100 valence electrons. The topological polar surface area (TPSA) is 24.1 Å². The maximum atomic E-state index is 3.59. The molecule has 0 saturated carbocycles. The van der Waals surface area contributed by atoms with Crippen molar-refractivity contribution in [1.29, 1.82) is 0 Å². The molecule has 1 atom stereocenters. The third-order valence-corrected chi connectivity index (χ3v) is 3.15. The number of piperidine rings is 1. The van der Waals surface area contributed by atoms with Gasteiger partial charge in [-0.2, -0.15) is 0 Å². The first kappa shape index (κ1) is 15.2. The molecule has 2 rings (SSSR count). The van der Waals surface area contributed by atoms with Crippen LogP contribution in [0.1, 0.15) is 24.8 Å². The fourth-order valence-electron chi connectivity index (χ4n) is 2.18. The minimum absolute atomic E-state index is 0. The van der Waals surface area contributed by atoms with E-state index < -0.39 is 0 Å². The molecule has 1 aromatic rings. The van der Waals surface area contributed by atoms with E-state index in [-0.39, 0.29) is 12.4 Å². The molecule has 1 heterocycles. The van der Waals surface area contributed by atoms with Gasteiger partial charge < -0.3 is 10.6 Å². The summed E-state index contributed by atoms with van der Waals surface area (Å²) in [4.78, 5) is 0. The van der Waals surface area contributed by atoms with E-state index in [0.29, 0.717) is 6.04 Å². The van der Waals surface area contributed by atoms with Crippen LogP contribution in [0.5, 0.6) is 0 Å². The zero-order valence-corrected chi connectivity index (χ0v) is 11.6. The van der Waals surface area contributed by atoms with Gasteiger partial charge in [-0.05, 0) is 37.9 Å². The van der Waals surface area contributed by atoms with E-state index in [4.69, 9.17) is 0 Å². The fourth-order valence-corrected chi connectivity index (χ4v) is 2.18. The molecule has 0 spiro atoms. The van der Waals surface area contributed by atoms with Crippen molar-refractivity contribution in [2.75, 3.05) is 19.6 Å². The van der Waals surface area contributed by atoms with Crippen LogP contribution in [0.4, 0.5) is 0 Å². The Morgan fingerprint density at radius 3 is 2.83 bits per heavy atom. The third kappa shape index (κ3) is 5.67. The van der Waals surface area contributed by atoms with E-state index in [1.165, 1.54) is 24.9 Å². The van der Waals surface area contributed by atoms with E-state index in [1.54, 1.807) is 0 Å². The van der Waals surface area contributed by atoms with Gasteiger partial charge >= 0.3 is 0 Å². The molecular weight excluding hydrogens is 244 g/mol. The molecule has 0 radical (unpaired) electrons. The van der Waals surface area contributed by atoms with Gasteiger partial charge in [0.15, 0.2) is 0 Å². The zero-order valence-electron chi connectivity index (χ0n) is 10.8. The predicted molar refractivity (Wildman–Crippen MR) is 81.2 cm³/mol. The highest BCUT2D eigenvalue weighted by Gasteiger charge is 2.10. The van der Waals surface area contributed by atoms with Crippen molar-refractivity contribution in [2.45, 2.75) is 25.3 Å². The van der Waals surface area contributed by atoms with Crippen LogP contribution in [0.15, 0.2) is 36.4 Å². The lowest BCUT2D eigenvalue weighted by molar-refractivity contribution is 0.393. The van der Waals surface area contributed by atoms with Gasteiger partial charge in [0.2, 0.25) is 0 Å². The van der Waals surface area contributed by atoms with Crippen molar-refractivity contribution in [3.05, 3.63) is 42.0 Å².